The SMILES string of the molecule is Cc1ncc(-n2cnc(C34C=CC(=N3)C=c3ccc([nH]3)=CC3=NC(=CC5NC(=C4)C(C)(C)C5=O)C=C3)c2)cn1. The van der Waals surface area contributed by atoms with Crippen LogP contribution in [0.4, 0.5) is 0 Å². The summed E-state index contributed by atoms with van der Waals surface area (Å²) in [4.78, 5) is 40.2. The molecule has 2 unspecified atom stereocenters. The fraction of sp³-hybridized carbons (Fsp3) is 0.200. The van der Waals surface area contributed by atoms with Gasteiger partial charge in [0.25, 0.3) is 0 Å². The molecule has 0 saturated carbocycles. The first-order valence-electron chi connectivity index (χ1n) is 12.8. The van der Waals surface area contributed by atoms with Gasteiger partial charge in [-0.15, -0.1) is 0 Å². The number of aromatic amines is 1. The smallest absolute Gasteiger partial charge is 0.170 e. The van der Waals surface area contributed by atoms with Gasteiger partial charge in [0, 0.05) is 22.6 Å². The maximum absolute atomic E-state index is 13.5. The Labute approximate surface area is 224 Å². The number of Topliss-reactive ketones (excluding diaryl/α,β-unsaturated/α-hetero) is 1. The standard InChI is InChI=1S/C30H26N8O/c1-18-31-14-24(15-32-18)38-16-27(33-17-38)30-9-8-23(37-30)11-21-5-4-19(34-21)10-20-6-7-22(35-20)12-25-28(39)29(2,3)26(13-30)36-25/h4-17,25,34,36H,1-3H3. The Hall–Kier alpha value is -4.92. The summed E-state index contributed by atoms with van der Waals surface area (Å²) >= 11 is 0. The van der Waals surface area contributed by atoms with Crippen molar-refractivity contribution in [2.24, 2.45) is 15.4 Å². The number of nitrogens with zero attached hydrogens (tertiary/aromatic N) is 6. The van der Waals surface area contributed by atoms with Crippen LogP contribution in [0.25, 0.3) is 17.8 Å². The van der Waals surface area contributed by atoms with Gasteiger partial charge in [-0.05, 0) is 81.5 Å². The number of hydrogen-bond donors (Lipinski definition) is 2. The number of aliphatic imine (C=N–C) groups is 2. The number of aryl methyl sites for hydroxylation is 1. The Morgan fingerprint density at radius 3 is 2.54 bits per heavy atom. The van der Waals surface area contributed by atoms with E-state index in [1.54, 1.807) is 18.7 Å². The van der Waals surface area contributed by atoms with Crippen molar-refractivity contribution < 1.29 is 4.79 Å². The minimum Gasteiger partial charge on any atom is -0.375 e. The summed E-state index contributed by atoms with van der Waals surface area (Å²) in [5.41, 5.74) is 3.02. The second kappa shape index (κ2) is 8.29. The quantitative estimate of drug-likeness (QED) is 0.544. The molecule has 1 saturated heterocycles. The minimum atomic E-state index is -0.915. The van der Waals surface area contributed by atoms with Crippen molar-refractivity contribution in [1.29, 1.82) is 0 Å². The van der Waals surface area contributed by atoms with Crippen molar-refractivity contribution >= 4 is 29.4 Å². The van der Waals surface area contributed by atoms with Crippen LogP contribution < -0.4 is 16.0 Å². The molecule has 7 heterocycles. The molecule has 9 heteroatoms. The number of allylic oxidation sites excluding steroid dienone is 4. The van der Waals surface area contributed by atoms with Crippen LogP contribution in [0.1, 0.15) is 25.4 Å². The van der Waals surface area contributed by atoms with Gasteiger partial charge in [-0.25, -0.2) is 19.9 Å². The molecule has 8 bridgehead atoms. The monoisotopic (exact) mass is 514 g/mol. The lowest BCUT2D eigenvalue weighted by Gasteiger charge is -2.23. The molecule has 1 fully saturated rings. The highest BCUT2D eigenvalue weighted by molar-refractivity contribution is 6.20. The minimum absolute atomic E-state index is 0.0791. The first-order valence-corrected chi connectivity index (χ1v) is 12.8. The van der Waals surface area contributed by atoms with Crippen molar-refractivity contribution in [3.05, 3.63) is 107 Å². The van der Waals surface area contributed by atoms with Crippen molar-refractivity contribution in [3.63, 3.8) is 0 Å². The Morgan fingerprint density at radius 1 is 0.974 bits per heavy atom. The highest BCUT2D eigenvalue weighted by atomic mass is 16.1. The first-order chi connectivity index (χ1) is 18.8. The lowest BCUT2D eigenvalue weighted by atomic mass is 9.83. The highest BCUT2D eigenvalue weighted by Crippen LogP contribution is 2.40. The van der Waals surface area contributed by atoms with E-state index in [1.807, 2.05) is 92.3 Å². The van der Waals surface area contributed by atoms with E-state index in [2.05, 4.69) is 20.3 Å². The summed E-state index contributed by atoms with van der Waals surface area (Å²) in [5, 5.41) is 5.33. The van der Waals surface area contributed by atoms with E-state index < -0.39 is 17.0 Å². The molecule has 192 valence electrons. The molecule has 39 heavy (non-hydrogen) atoms. The van der Waals surface area contributed by atoms with E-state index in [1.165, 1.54) is 0 Å². The predicted octanol–water partition coefficient (Wildman–Crippen LogP) is 2.13. The van der Waals surface area contributed by atoms with Gasteiger partial charge >= 0.3 is 0 Å². The number of carbonyl (C=O) groups is 1. The van der Waals surface area contributed by atoms with E-state index in [4.69, 9.17) is 15.0 Å². The summed E-state index contributed by atoms with van der Waals surface area (Å²) in [5.74, 6) is 0.780. The maximum atomic E-state index is 13.5. The van der Waals surface area contributed by atoms with E-state index in [0.717, 1.165) is 44.9 Å². The van der Waals surface area contributed by atoms with E-state index in [0.29, 0.717) is 5.82 Å². The average Bonchev–Trinajstić information content (AvgIpc) is 3.73. The van der Waals surface area contributed by atoms with Gasteiger partial charge in [-0.1, -0.05) is 0 Å². The van der Waals surface area contributed by atoms with Crippen LogP contribution in [-0.2, 0) is 10.3 Å². The molecule has 7 rings (SSSR count). The second-order valence-electron chi connectivity index (χ2n) is 10.6. The number of fused-ring (bicyclic) bond motifs is 6. The largest absolute Gasteiger partial charge is 0.375 e. The summed E-state index contributed by atoms with van der Waals surface area (Å²) < 4.78 is 1.88. The molecule has 4 aliphatic rings. The Bertz CT molecular complexity index is 1840. The van der Waals surface area contributed by atoms with Gasteiger partial charge in [0.2, 0.25) is 0 Å². The number of hydrogen-bond acceptors (Lipinski definition) is 7. The Kier molecular flexibility index (Phi) is 4.94. The topological polar surface area (TPSA) is 113 Å². The molecule has 9 nitrogen and oxygen atoms in total. The molecule has 3 aromatic rings. The zero-order valence-electron chi connectivity index (χ0n) is 21.8. The van der Waals surface area contributed by atoms with Crippen LogP contribution in [0.3, 0.4) is 0 Å². The van der Waals surface area contributed by atoms with Gasteiger partial charge in [-0.3, -0.25) is 9.79 Å². The van der Waals surface area contributed by atoms with Crippen LogP contribution in [0, 0.1) is 12.3 Å². The second-order valence-corrected chi connectivity index (χ2v) is 10.6. The van der Waals surface area contributed by atoms with Gasteiger partial charge in [0.05, 0.1) is 52.6 Å². The number of H-pyrrole nitrogens is 1. The lowest BCUT2D eigenvalue weighted by Crippen LogP contribution is -2.27. The van der Waals surface area contributed by atoms with Gasteiger partial charge in [-0.2, -0.15) is 0 Å². The summed E-state index contributed by atoms with van der Waals surface area (Å²) in [7, 11) is 0. The third kappa shape index (κ3) is 3.94. The van der Waals surface area contributed by atoms with E-state index >= 15 is 0 Å². The van der Waals surface area contributed by atoms with Gasteiger partial charge in [0.1, 0.15) is 17.4 Å². The lowest BCUT2D eigenvalue weighted by molar-refractivity contribution is -0.123. The van der Waals surface area contributed by atoms with Crippen molar-refractivity contribution in [2.75, 3.05) is 0 Å². The molecule has 0 aromatic carbocycles. The average molecular weight is 515 g/mol. The maximum Gasteiger partial charge on any atom is 0.170 e. The molecular weight excluding hydrogens is 488 g/mol. The first kappa shape index (κ1) is 23.2. The van der Waals surface area contributed by atoms with Crippen LogP contribution in [0.5, 0.6) is 0 Å². The molecule has 3 aromatic heterocycles. The molecule has 0 aliphatic carbocycles. The van der Waals surface area contributed by atoms with Crippen LogP contribution in [0.15, 0.2) is 94.9 Å². The number of carbonyl (C=O) groups excluding carboxylic acids is 1. The normalized spacial score (nSPS) is 24.4. The zero-order chi connectivity index (χ0) is 26.8. The van der Waals surface area contributed by atoms with E-state index in [-0.39, 0.29) is 5.78 Å². The number of ketones is 1. The third-order valence-electron chi connectivity index (χ3n) is 7.49. The zero-order valence-corrected chi connectivity index (χ0v) is 21.8. The van der Waals surface area contributed by atoms with Crippen molar-refractivity contribution in [2.45, 2.75) is 32.4 Å². The molecule has 0 amide bonds. The molecular formula is C30H26N8O. The number of imidazole rings is 1. The summed E-state index contributed by atoms with van der Waals surface area (Å²) in [6.07, 6.45) is 23.0. The molecule has 2 N–H and O–H groups in total. The van der Waals surface area contributed by atoms with Crippen LogP contribution in [-0.4, -0.2) is 47.8 Å². The number of aromatic nitrogens is 5. The Balaban J connectivity index is 1.42. The van der Waals surface area contributed by atoms with Crippen molar-refractivity contribution in [1.82, 2.24) is 29.8 Å². The number of rotatable bonds is 2. The fourth-order valence-corrected chi connectivity index (χ4v) is 5.22. The molecule has 0 spiro atoms. The van der Waals surface area contributed by atoms with Crippen LogP contribution >= 0.6 is 0 Å². The third-order valence-corrected chi connectivity index (χ3v) is 7.49. The molecule has 0 radical (unpaired) electrons. The summed E-state index contributed by atoms with van der Waals surface area (Å²) in [6.45, 7) is 5.74. The van der Waals surface area contributed by atoms with Crippen molar-refractivity contribution in [3.8, 4) is 5.69 Å². The van der Waals surface area contributed by atoms with Crippen LogP contribution in [0.2, 0.25) is 0 Å². The predicted molar refractivity (Wildman–Crippen MR) is 150 cm³/mol. The molecule has 2 atom stereocenters. The number of nitrogens with one attached hydrogen (secondary N) is 2. The fourth-order valence-electron chi connectivity index (χ4n) is 5.22. The highest BCUT2D eigenvalue weighted by Gasteiger charge is 2.46. The molecule has 4 aliphatic heterocycles. The Morgan fingerprint density at radius 2 is 1.74 bits per heavy atom. The van der Waals surface area contributed by atoms with Gasteiger partial charge in [0.15, 0.2) is 5.78 Å². The summed E-state index contributed by atoms with van der Waals surface area (Å²) in [6, 6.07) is 3.53. The van der Waals surface area contributed by atoms with Gasteiger partial charge < -0.3 is 14.9 Å². The van der Waals surface area contributed by atoms with E-state index in [9.17, 15) is 4.79 Å².